The van der Waals surface area contributed by atoms with Crippen LogP contribution in [0.3, 0.4) is 0 Å². The quantitative estimate of drug-likeness (QED) is 0.595. The Labute approximate surface area is 107 Å². The summed E-state index contributed by atoms with van der Waals surface area (Å²) in [6.45, 7) is 0. The van der Waals surface area contributed by atoms with Gasteiger partial charge in [-0.05, 0) is 24.8 Å². The van der Waals surface area contributed by atoms with Gasteiger partial charge in [-0.15, -0.1) is 0 Å². The molecule has 18 heavy (non-hydrogen) atoms. The zero-order chi connectivity index (χ0) is 12.6. The molecule has 0 spiro atoms. The first kappa shape index (κ1) is 11.7. The minimum atomic E-state index is -0.723. The van der Waals surface area contributed by atoms with Gasteiger partial charge in [-0.2, -0.15) is 0 Å². The van der Waals surface area contributed by atoms with Crippen LogP contribution in [-0.2, 0) is 19.9 Å². The van der Waals surface area contributed by atoms with Crippen LogP contribution in [0.4, 0.5) is 0 Å². The maximum atomic E-state index is 12.1. The lowest BCUT2D eigenvalue weighted by molar-refractivity contribution is -0.147. The van der Waals surface area contributed by atoms with Crippen molar-refractivity contribution in [3.8, 4) is 0 Å². The van der Waals surface area contributed by atoms with E-state index < -0.39 is 11.2 Å². The van der Waals surface area contributed by atoms with E-state index in [-0.39, 0.29) is 5.97 Å². The first-order valence-electron chi connectivity index (χ1n) is 6.59. The smallest absolute Gasteiger partial charge is 0.341 e. The van der Waals surface area contributed by atoms with Crippen molar-refractivity contribution in [3.63, 3.8) is 0 Å². The number of ether oxygens (including phenoxy) is 2. The monoisotopic (exact) mass is 246 g/mol. The van der Waals surface area contributed by atoms with E-state index in [4.69, 9.17) is 9.47 Å². The van der Waals surface area contributed by atoms with Crippen molar-refractivity contribution in [2.75, 3.05) is 7.11 Å². The molecule has 2 atom stereocenters. The topological polar surface area (TPSA) is 38.8 Å². The average Bonchev–Trinajstić information content (AvgIpc) is 3.10. The lowest BCUT2D eigenvalue weighted by atomic mass is 9.82. The standard InChI is InChI=1S/C15H18O3/c1-17-13(16)15-11-7-3-6-10-14(15,18-15)12-8-4-2-5-9-12/h2,4-5,8-9H,3,6-7,10-11H2,1H3. The van der Waals surface area contributed by atoms with Crippen LogP contribution in [0.1, 0.15) is 37.7 Å². The van der Waals surface area contributed by atoms with E-state index in [1.807, 2.05) is 18.2 Å². The van der Waals surface area contributed by atoms with Crippen molar-refractivity contribution in [1.82, 2.24) is 0 Å². The second kappa shape index (κ2) is 4.09. The highest BCUT2D eigenvalue weighted by atomic mass is 16.7. The molecule has 2 fully saturated rings. The molecule has 3 rings (SSSR count). The largest absolute Gasteiger partial charge is 0.467 e. The molecule has 0 N–H and O–H groups in total. The summed E-state index contributed by atoms with van der Waals surface area (Å²) in [5, 5.41) is 0. The molecule has 1 aromatic rings. The predicted molar refractivity (Wildman–Crippen MR) is 67.0 cm³/mol. The van der Waals surface area contributed by atoms with Crippen LogP contribution >= 0.6 is 0 Å². The number of carbonyl (C=O) groups excluding carboxylic acids is 1. The third-order valence-corrected chi connectivity index (χ3v) is 4.27. The van der Waals surface area contributed by atoms with E-state index in [0.717, 1.165) is 37.7 Å². The van der Waals surface area contributed by atoms with Crippen LogP contribution in [0.25, 0.3) is 0 Å². The van der Waals surface area contributed by atoms with Gasteiger partial charge in [0.15, 0.2) is 5.60 Å². The average molecular weight is 246 g/mol. The molecule has 2 unspecified atom stereocenters. The van der Waals surface area contributed by atoms with Gasteiger partial charge in [0.2, 0.25) is 0 Å². The van der Waals surface area contributed by atoms with Crippen molar-refractivity contribution < 1.29 is 14.3 Å². The molecule has 0 radical (unpaired) electrons. The first-order chi connectivity index (χ1) is 8.75. The summed E-state index contributed by atoms with van der Waals surface area (Å²) in [7, 11) is 1.44. The van der Waals surface area contributed by atoms with Crippen LogP contribution in [0.15, 0.2) is 30.3 Å². The number of fused-ring (bicyclic) bond motifs is 1. The van der Waals surface area contributed by atoms with Gasteiger partial charge >= 0.3 is 5.97 Å². The van der Waals surface area contributed by atoms with Crippen molar-refractivity contribution in [2.45, 2.75) is 43.3 Å². The van der Waals surface area contributed by atoms with Crippen molar-refractivity contribution >= 4 is 5.97 Å². The van der Waals surface area contributed by atoms with Gasteiger partial charge in [-0.3, -0.25) is 0 Å². The second-order valence-corrected chi connectivity index (χ2v) is 5.17. The number of rotatable bonds is 2. The Morgan fingerprint density at radius 1 is 1.17 bits per heavy atom. The molecule has 1 aliphatic carbocycles. The van der Waals surface area contributed by atoms with Gasteiger partial charge < -0.3 is 9.47 Å². The van der Waals surface area contributed by atoms with Crippen molar-refractivity contribution in [1.29, 1.82) is 0 Å². The fourth-order valence-corrected chi connectivity index (χ4v) is 3.32. The lowest BCUT2D eigenvalue weighted by Crippen LogP contribution is -2.33. The molecule has 1 aromatic carbocycles. The number of hydrogen-bond donors (Lipinski definition) is 0. The molecule has 0 bridgehead atoms. The summed E-state index contributed by atoms with van der Waals surface area (Å²) < 4.78 is 11.0. The van der Waals surface area contributed by atoms with Crippen LogP contribution in [0.5, 0.6) is 0 Å². The van der Waals surface area contributed by atoms with Crippen molar-refractivity contribution in [3.05, 3.63) is 35.9 Å². The Kier molecular flexibility index (Phi) is 2.67. The molecule has 1 saturated heterocycles. The Hall–Kier alpha value is -1.35. The van der Waals surface area contributed by atoms with E-state index in [1.54, 1.807) is 0 Å². The highest BCUT2D eigenvalue weighted by molar-refractivity contribution is 5.85. The Morgan fingerprint density at radius 3 is 2.61 bits per heavy atom. The van der Waals surface area contributed by atoms with Gasteiger partial charge in [-0.25, -0.2) is 4.79 Å². The van der Waals surface area contributed by atoms with Gasteiger partial charge in [0, 0.05) is 0 Å². The molecule has 1 aliphatic heterocycles. The summed E-state index contributed by atoms with van der Waals surface area (Å²) >= 11 is 0. The zero-order valence-electron chi connectivity index (χ0n) is 10.6. The van der Waals surface area contributed by atoms with Gasteiger partial charge in [0.25, 0.3) is 0 Å². The minimum absolute atomic E-state index is 0.215. The van der Waals surface area contributed by atoms with E-state index in [0.29, 0.717) is 0 Å². The summed E-state index contributed by atoms with van der Waals surface area (Å²) in [6, 6.07) is 10.1. The molecular formula is C15H18O3. The molecule has 3 nitrogen and oxygen atoms in total. The summed E-state index contributed by atoms with van der Waals surface area (Å²) in [5.41, 5.74) is -0.0467. The van der Waals surface area contributed by atoms with Crippen LogP contribution in [-0.4, -0.2) is 18.7 Å². The number of benzene rings is 1. The first-order valence-corrected chi connectivity index (χ1v) is 6.59. The third-order valence-electron chi connectivity index (χ3n) is 4.27. The molecule has 0 aromatic heterocycles. The van der Waals surface area contributed by atoms with Gasteiger partial charge in [-0.1, -0.05) is 43.2 Å². The molecule has 0 amide bonds. The van der Waals surface area contributed by atoms with E-state index in [9.17, 15) is 4.79 Å². The fourth-order valence-electron chi connectivity index (χ4n) is 3.32. The Bertz CT molecular complexity index is 456. The Balaban J connectivity index is 2.02. The van der Waals surface area contributed by atoms with E-state index in [1.165, 1.54) is 7.11 Å². The highest BCUT2D eigenvalue weighted by Crippen LogP contribution is 2.63. The van der Waals surface area contributed by atoms with Gasteiger partial charge in [0.1, 0.15) is 5.60 Å². The number of esters is 1. The molecular weight excluding hydrogens is 228 g/mol. The third kappa shape index (κ3) is 1.43. The normalized spacial score (nSPS) is 34.3. The number of epoxide rings is 1. The van der Waals surface area contributed by atoms with Gasteiger partial charge in [0.05, 0.1) is 7.11 Å². The molecule has 2 aliphatic rings. The Morgan fingerprint density at radius 2 is 1.89 bits per heavy atom. The van der Waals surface area contributed by atoms with E-state index in [2.05, 4.69) is 12.1 Å². The fraction of sp³-hybridized carbons (Fsp3) is 0.533. The van der Waals surface area contributed by atoms with Crippen LogP contribution in [0.2, 0.25) is 0 Å². The highest BCUT2D eigenvalue weighted by Gasteiger charge is 2.75. The minimum Gasteiger partial charge on any atom is -0.467 e. The SMILES string of the molecule is COC(=O)C12CCCCCC1(c1ccccc1)O2. The van der Waals surface area contributed by atoms with E-state index >= 15 is 0 Å². The summed E-state index contributed by atoms with van der Waals surface area (Å²) in [5.74, 6) is -0.215. The molecule has 1 saturated carbocycles. The molecule has 1 heterocycles. The number of carbonyl (C=O) groups is 1. The predicted octanol–water partition coefficient (Wildman–Crippen LogP) is 2.79. The zero-order valence-corrected chi connectivity index (χ0v) is 10.6. The maximum absolute atomic E-state index is 12.1. The number of methoxy groups -OCH3 is 1. The van der Waals surface area contributed by atoms with Crippen molar-refractivity contribution in [2.24, 2.45) is 0 Å². The summed E-state index contributed by atoms with van der Waals surface area (Å²) in [6.07, 6.45) is 4.98. The van der Waals surface area contributed by atoms with Crippen LogP contribution < -0.4 is 0 Å². The van der Waals surface area contributed by atoms with Crippen LogP contribution in [0, 0.1) is 0 Å². The number of hydrogen-bond acceptors (Lipinski definition) is 3. The molecule has 96 valence electrons. The molecule has 3 heteroatoms. The summed E-state index contributed by atoms with van der Waals surface area (Å²) in [4.78, 5) is 12.1. The second-order valence-electron chi connectivity index (χ2n) is 5.17. The lowest BCUT2D eigenvalue weighted by Gasteiger charge is -2.16. The maximum Gasteiger partial charge on any atom is 0.341 e.